The summed E-state index contributed by atoms with van der Waals surface area (Å²) in [6.07, 6.45) is 26.2. The molecule has 0 atom stereocenters. The molecule has 0 saturated carbocycles. The van der Waals surface area contributed by atoms with Crippen molar-refractivity contribution in [3.63, 3.8) is 0 Å². The highest BCUT2D eigenvalue weighted by molar-refractivity contribution is 5.82. The number of allylic oxidation sites excluding steroid dienone is 13. The van der Waals surface area contributed by atoms with Crippen LogP contribution in [0.15, 0.2) is 101 Å². The maximum absolute atomic E-state index is 11.2. The lowest BCUT2D eigenvalue weighted by Gasteiger charge is -1.85. The first-order valence-electron chi connectivity index (χ1n) is 6.20. The highest BCUT2D eigenvalue weighted by Gasteiger charge is 1.92. The van der Waals surface area contributed by atoms with Crippen molar-refractivity contribution in [2.45, 2.75) is 0 Å². The minimum atomic E-state index is -0.625. The zero-order valence-corrected chi connectivity index (χ0v) is 11.3. The Hall–Kier alpha value is -3.08. The van der Waals surface area contributed by atoms with Crippen molar-refractivity contribution in [1.82, 2.24) is 0 Å². The average molecular weight is 281 g/mol. The fourth-order valence-electron chi connectivity index (χ4n) is 1.07. The van der Waals surface area contributed by atoms with Crippen LogP contribution in [0.1, 0.15) is 0 Å². The van der Waals surface area contributed by atoms with Crippen LogP contribution in [0.25, 0.3) is 0 Å². The van der Waals surface area contributed by atoms with Crippen LogP contribution in [0.3, 0.4) is 0 Å². The van der Waals surface area contributed by atoms with Crippen molar-refractivity contribution in [2.24, 2.45) is 15.6 Å². The van der Waals surface area contributed by atoms with Gasteiger partial charge in [0.25, 0.3) is 0 Å². The second-order valence-electron chi connectivity index (χ2n) is 3.51. The molecule has 1 aliphatic rings. The molecule has 21 heavy (non-hydrogen) atoms. The standard InChI is InChI=1S/C16H15N3O2/c20-16-14-12-10-8-6-4-2-1-3-5-7-9-11-13-15-17-18-19-21-16/h1-15H/b2-1+,5-3+,6-4-,9-7+,10-8+,13-11+,14-12+,17-15+,19-18+. The van der Waals surface area contributed by atoms with Crippen LogP contribution in [0.5, 0.6) is 0 Å². The highest BCUT2D eigenvalue weighted by atomic mass is 16.7. The first kappa shape index (κ1) is 16.0. The van der Waals surface area contributed by atoms with E-state index in [0.29, 0.717) is 0 Å². The van der Waals surface area contributed by atoms with Gasteiger partial charge >= 0.3 is 5.97 Å². The van der Waals surface area contributed by atoms with Crippen LogP contribution in [0.4, 0.5) is 0 Å². The van der Waals surface area contributed by atoms with Gasteiger partial charge in [0.05, 0.1) is 11.5 Å². The van der Waals surface area contributed by atoms with Crippen molar-refractivity contribution in [3.8, 4) is 0 Å². The Kier molecular flexibility index (Phi) is 9.11. The summed E-state index contributed by atoms with van der Waals surface area (Å²) in [5, 5.41) is 10.0. The average Bonchev–Trinajstić information content (AvgIpc) is 2.48. The number of hydrogen-bond donors (Lipinski definition) is 0. The maximum atomic E-state index is 11.2. The molecule has 0 radical (unpaired) electrons. The van der Waals surface area contributed by atoms with Crippen LogP contribution in [-0.2, 0) is 9.63 Å². The molecule has 1 heterocycles. The van der Waals surface area contributed by atoms with Gasteiger partial charge in [0.15, 0.2) is 0 Å². The molecule has 0 bridgehead atoms. The second-order valence-corrected chi connectivity index (χ2v) is 3.51. The topological polar surface area (TPSA) is 63.4 Å². The summed E-state index contributed by atoms with van der Waals surface area (Å²) < 4.78 is 0. The van der Waals surface area contributed by atoms with Crippen molar-refractivity contribution in [3.05, 3.63) is 85.1 Å². The predicted octanol–water partition coefficient (Wildman–Crippen LogP) is 3.79. The largest absolute Gasteiger partial charge is 0.360 e. The Morgan fingerprint density at radius 1 is 0.667 bits per heavy atom. The van der Waals surface area contributed by atoms with E-state index in [1.807, 2.05) is 48.6 Å². The number of carbonyl (C=O) groups excluding carboxylic acids is 1. The fourth-order valence-corrected chi connectivity index (χ4v) is 1.07. The minimum absolute atomic E-state index is 0.625. The Bertz CT molecular complexity index is 574. The van der Waals surface area contributed by atoms with Crippen molar-refractivity contribution < 1.29 is 9.63 Å². The third-order valence-corrected chi connectivity index (χ3v) is 1.94. The van der Waals surface area contributed by atoms with Gasteiger partial charge in [-0.05, 0) is 11.3 Å². The summed E-state index contributed by atoms with van der Waals surface area (Å²) in [6, 6.07) is 0. The smallest absolute Gasteiger partial charge is 0.294 e. The van der Waals surface area contributed by atoms with Crippen LogP contribution < -0.4 is 0 Å². The predicted molar refractivity (Wildman–Crippen MR) is 83.4 cm³/mol. The molecule has 106 valence electrons. The van der Waals surface area contributed by atoms with Crippen molar-refractivity contribution in [2.75, 3.05) is 0 Å². The molecule has 5 heteroatoms. The lowest BCUT2D eigenvalue weighted by molar-refractivity contribution is -0.138. The molecule has 5 nitrogen and oxygen atoms in total. The van der Waals surface area contributed by atoms with Crippen LogP contribution in [0, 0.1) is 0 Å². The first-order chi connectivity index (χ1) is 10.4. The molecule has 0 fully saturated rings. The Morgan fingerprint density at radius 3 is 1.71 bits per heavy atom. The summed E-state index contributed by atoms with van der Waals surface area (Å²) in [4.78, 5) is 15.6. The second kappa shape index (κ2) is 12.0. The van der Waals surface area contributed by atoms with Gasteiger partial charge in [-0.3, -0.25) is 4.84 Å². The molecule has 0 aromatic carbocycles. The van der Waals surface area contributed by atoms with E-state index >= 15 is 0 Å². The van der Waals surface area contributed by atoms with Gasteiger partial charge in [-0.2, -0.15) is 0 Å². The van der Waals surface area contributed by atoms with Crippen LogP contribution in [-0.4, -0.2) is 12.2 Å². The van der Waals surface area contributed by atoms with Gasteiger partial charge in [-0.15, -0.1) is 5.10 Å². The van der Waals surface area contributed by atoms with Crippen LogP contribution >= 0.6 is 0 Å². The number of rotatable bonds is 0. The van der Waals surface area contributed by atoms with E-state index in [0.717, 1.165) is 0 Å². The summed E-state index contributed by atoms with van der Waals surface area (Å²) in [7, 11) is 0. The molecule has 0 unspecified atom stereocenters. The number of nitrogens with zero attached hydrogens (tertiary/aromatic N) is 3. The molecule has 0 aromatic heterocycles. The van der Waals surface area contributed by atoms with E-state index in [-0.39, 0.29) is 0 Å². The summed E-state index contributed by atoms with van der Waals surface area (Å²) in [6.45, 7) is 0. The monoisotopic (exact) mass is 281 g/mol. The van der Waals surface area contributed by atoms with E-state index in [1.165, 1.54) is 12.3 Å². The van der Waals surface area contributed by atoms with Gasteiger partial charge in [0.1, 0.15) is 0 Å². The molecule has 1 rings (SSSR count). The van der Waals surface area contributed by atoms with E-state index in [1.54, 1.807) is 30.4 Å². The molecule has 0 saturated heterocycles. The van der Waals surface area contributed by atoms with E-state index < -0.39 is 5.97 Å². The Labute approximate surface area is 123 Å². The summed E-state index contributed by atoms with van der Waals surface area (Å²) in [5.74, 6) is -0.625. The summed E-state index contributed by atoms with van der Waals surface area (Å²) >= 11 is 0. The molecule has 0 aromatic rings. The van der Waals surface area contributed by atoms with E-state index in [2.05, 4.69) is 20.4 Å². The van der Waals surface area contributed by atoms with Gasteiger partial charge in [-0.1, -0.05) is 72.9 Å². The SMILES string of the molecule is O=C1/C=C/C=C/C=C\C=C\C=C\C=C\C=C\C=N\N=N\O1. The maximum Gasteiger partial charge on any atom is 0.360 e. The molecule has 1 aliphatic heterocycles. The Balaban J connectivity index is 2.69. The van der Waals surface area contributed by atoms with E-state index in [9.17, 15) is 4.79 Å². The third kappa shape index (κ3) is 10.5. The van der Waals surface area contributed by atoms with Gasteiger partial charge in [0.2, 0.25) is 0 Å². The van der Waals surface area contributed by atoms with Crippen LogP contribution in [0.2, 0.25) is 0 Å². The zero-order valence-electron chi connectivity index (χ0n) is 11.3. The highest BCUT2D eigenvalue weighted by Crippen LogP contribution is 1.88. The first-order valence-corrected chi connectivity index (χ1v) is 6.20. The molecular weight excluding hydrogens is 266 g/mol. The summed E-state index contributed by atoms with van der Waals surface area (Å²) in [5.41, 5.74) is 0. The number of hydrogen-bond acceptors (Lipinski definition) is 5. The number of carbonyl (C=O) groups is 1. The quantitative estimate of drug-likeness (QED) is 0.678. The molecule has 0 spiro atoms. The normalized spacial score (nSPS) is 30.0. The Morgan fingerprint density at radius 2 is 1.14 bits per heavy atom. The lowest BCUT2D eigenvalue weighted by Crippen LogP contribution is -1.92. The third-order valence-electron chi connectivity index (χ3n) is 1.94. The van der Waals surface area contributed by atoms with Gasteiger partial charge in [0, 0.05) is 6.08 Å². The zero-order chi connectivity index (χ0) is 15.0. The minimum Gasteiger partial charge on any atom is -0.294 e. The van der Waals surface area contributed by atoms with Gasteiger partial charge in [-0.25, -0.2) is 4.79 Å². The lowest BCUT2D eigenvalue weighted by atomic mass is 10.3. The molecule has 0 amide bonds. The van der Waals surface area contributed by atoms with E-state index in [4.69, 9.17) is 0 Å². The van der Waals surface area contributed by atoms with Crippen molar-refractivity contribution >= 4 is 12.2 Å². The molecule has 0 aliphatic carbocycles. The molecular formula is C16H15N3O2. The van der Waals surface area contributed by atoms with Crippen molar-refractivity contribution in [1.29, 1.82) is 0 Å². The fraction of sp³-hybridized carbons (Fsp3) is 0. The molecule has 0 N–H and O–H groups in total. The van der Waals surface area contributed by atoms with Gasteiger partial charge < -0.3 is 0 Å².